The molecule has 7 nitrogen and oxygen atoms in total. The molecule has 3 aromatic rings. The van der Waals surface area contributed by atoms with Gasteiger partial charge in [-0.05, 0) is 74.9 Å². The Kier molecular flexibility index (Phi) is 9.75. The molecule has 0 aliphatic rings. The normalized spacial score (nSPS) is 12.0. The van der Waals surface area contributed by atoms with Gasteiger partial charge in [-0.1, -0.05) is 57.4 Å². The van der Waals surface area contributed by atoms with Crippen molar-refractivity contribution in [2.24, 2.45) is 0 Å². The third-order valence-electron chi connectivity index (χ3n) is 5.76. The van der Waals surface area contributed by atoms with Crippen molar-refractivity contribution >= 4 is 55.1 Å². The molecule has 3 aromatic carbocycles. The van der Waals surface area contributed by atoms with Crippen LogP contribution in [0.4, 0.5) is 5.69 Å². The number of carbonyl (C=O) groups is 2. The van der Waals surface area contributed by atoms with Crippen molar-refractivity contribution in [1.29, 1.82) is 0 Å². The molecule has 0 saturated carbocycles. The van der Waals surface area contributed by atoms with Gasteiger partial charge in [-0.25, -0.2) is 8.42 Å². The van der Waals surface area contributed by atoms with E-state index in [1.807, 2.05) is 31.2 Å². The molecule has 0 spiro atoms. The van der Waals surface area contributed by atoms with Crippen molar-refractivity contribution in [1.82, 2.24) is 10.2 Å². The molecule has 0 aromatic heterocycles. The molecular weight excluding hydrogens is 578 g/mol. The molecule has 2 amide bonds. The molecule has 0 aliphatic heterocycles. The topological polar surface area (TPSA) is 86.8 Å². The molecule has 1 atom stereocenters. The van der Waals surface area contributed by atoms with Crippen LogP contribution in [-0.2, 0) is 26.2 Å². The van der Waals surface area contributed by atoms with Crippen LogP contribution in [0, 0.1) is 6.92 Å². The highest BCUT2D eigenvalue weighted by Gasteiger charge is 2.32. The van der Waals surface area contributed by atoms with E-state index in [-0.39, 0.29) is 17.3 Å². The lowest BCUT2D eigenvalue weighted by molar-refractivity contribution is -0.139. The van der Waals surface area contributed by atoms with E-state index in [0.717, 1.165) is 19.9 Å². The van der Waals surface area contributed by atoms with Crippen molar-refractivity contribution in [3.05, 3.63) is 93.4 Å². The number of anilines is 1. The molecule has 1 N–H and O–H groups in total. The van der Waals surface area contributed by atoms with Crippen LogP contribution in [0.2, 0.25) is 5.02 Å². The third-order valence-corrected chi connectivity index (χ3v) is 8.30. The first-order valence-corrected chi connectivity index (χ1v) is 14.3. The number of aryl methyl sites for hydroxylation is 1. The fraction of sp³-hybridized carbons (Fsp3) is 0.259. The Morgan fingerprint density at radius 2 is 1.68 bits per heavy atom. The number of amides is 2. The van der Waals surface area contributed by atoms with Gasteiger partial charge < -0.3 is 10.2 Å². The summed E-state index contributed by atoms with van der Waals surface area (Å²) in [6.45, 7) is 5.35. The SMILES string of the molecule is CCNC(=O)[C@H](C)N(Cc1cccc(Br)c1)C(=O)CN(c1ccc(C)cc1)S(=O)(=O)c1ccc(Cl)cc1. The summed E-state index contributed by atoms with van der Waals surface area (Å²) in [5, 5.41) is 3.14. The van der Waals surface area contributed by atoms with E-state index < -0.39 is 28.5 Å². The summed E-state index contributed by atoms with van der Waals surface area (Å²) in [4.78, 5) is 27.9. The van der Waals surface area contributed by atoms with E-state index in [2.05, 4.69) is 21.2 Å². The van der Waals surface area contributed by atoms with Gasteiger partial charge in [-0.15, -0.1) is 0 Å². The van der Waals surface area contributed by atoms with Crippen LogP contribution in [0.15, 0.2) is 82.2 Å². The Morgan fingerprint density at radius 1 is 1.03 bits per heavy atom. The summed E-state index contributed by atoms with van der Waals surface area (Å²) in [5.41, 5.74) is 2.07. The quantitative estimate of drug-likeness (QED) is 0.346. The molecule has 0 unspecified atom stereocenters. The Labute approximate surface area is 231 Å². The third kappa shape index (κ3) is 7.34. The lowest BCUT2D eigenvalue weighted by Gasteiger charge is -2.32. The largest absolute Gasteiger partial charge is 0.355 e. The molecule has 0 radical (unpaired) electrons. The maximum atomic E-state index is 13.8. The van der Waals surface area contributed by atoms with Gasteiger partial charge in [0, 0.05) is 22.6 Å². The minimum Gasteiger partial charge on any atom is -0.355 e. The maximum absolute atomic E-state index is 13.8. The van der Waals surface area contributed by atoms with Gasteiger partial charge >= 0.3 is 0 Å². The Morgan fingerprint density at radius 3 is 2.27 bits per heavy atom. The molecule has 0 aliphatic carbocycles. The summed E-state index contributed by atoms with van der Waals surface area (Å²) >= 11 is 9.40. The Bertz CT molecular complexity index is 1350. The predicted molar refractivity (Wildman–Crippen MR) is 150 cm³/mol. The monoisotopic (exact) mass is 605 g/mol. The molecule has 196 valence electrons. The smallest absolute Gasteiger partial charge is 0.264 e. The van der Waals surface area contributed by atoms with E-state index in [4.69, 9.17) is 11.6 Å². The van der Waals surface area contributed by atoms with Crippen molar-refractivity contribution in [3.63, 3.8) is 0 Å². The number of likely N-dealkylation sites (N-methyl/N-ethyl adjacent to an activating group) is 1. The molecule has 0 fully saturated rings. The van der Waals surface area contributed by atoms with E-state index in [9.17, 15) is 18.0 Å². The maximum Gasteiger partial charge on any atom is 0.264 e. The van der Waals surface area contributed by atoms with E-state index in [1.165, 1.54) is 29.2 Å². The van der Waals surface area contributed by atoms with Crippen molar-refractivity contribution in [2.45, 2.75) is 38.3 Å². The molecule has 0 bridgehead atoms. The number of hydrogen-bond donors (Lipinski definition) is 1. The number of benzene rings is 3. The fourth-order valence-electron chi connectivity index (χ4n) is 3.71. The van der Waals surface area contributed by atoms with Crippen LogP contribution in [0.25, 0.3) is 0 Å². The zero-order chi connectivity index (χ0) is 27.2. The first-order chi connectivity index (χ1) is 17.5. The lowest BCUT2D eigenvalue weighted by Crippen LogP contribution is -2.51. The molecule has 37 heavy (non-hydrogen) atoms. The number of rotatable bonds is 10. The van der Waals surface area contributed by atoms with Crippen molar-refractivity contribution in [2.75, 3.05) is 17.4 Å². The van der Waals surface area contributed by atoms with Gasteiger partial charge in [0.2, 0.25) is 11.8 Å². The van der Waals surface area contributed by atoms with Crippen LogP contribution < -0.4 is 9.62 Å². The highest BCUT2D eigenvalue weighted by Crippen LogP contribution is 2.26. The summed E-state index contributed by atoms with van der Waals surface area (Å²) in [5.74, 6) is -0.842. The average molecular weight is 607 g/mol. The second-order valence-electron chi connectivity index (χ2n) is 8.52. The van der Waals surface area contributed by atoms with Gasteiger partial charge in [0.15, 0.2) is 0 Å². The van der Waals surface area contributed by atoms with Gasteiger partial charge in [0.1, 0.15) is 12.6 Å². The number of sulfonamides is 1. The first kappa shape index (κ1) is 28.7. The minimum absolute atomic E-state index is 0.000546. The summed E-state index contributed by atoms with van der Waals surface area (Å²) < 4.78 is 29.3. The molecule has 10 heteroatoms. The van der Waals surface area contributed by atoms with Gasteiger partial charge in [0.05, 0.1) is 10.6 Å². The Balaban J connectivity index is 2.02. The fourth-order valence-corrected chi connectivity index (χ4v) is 5.70. The van der Waals surface area contributed by atoms with Gasteiger partial charge in [0.25, 0.3) is 10.0 Å². The Hall–Kier alpha value is -2.88. The molecule has 3 rings (SSSR count). The number of nitrogens with one attached hydrogen (secondary N) is 1. The highest BCUT2D eigenvalue weighted by atomic mass is 79.9. The van der Waals surface area contributed by atoms with Crippen LogP contribution in [0.1, 0.15) is 25.0 Å². The number of hydrogen-bond acceptors (Lipinski definition) is 4. The summed E-state index contributed by atoms with van der Waals surface area (Å²) in [6.07, 6.45) is 0. The summed E-state index contributed by atoms with van der Waals surface area (Å²) in [7, 11) is -4.13. The number of halogens is 2. The van der Waals surface area contributed by atoms with Crippen molar-refractivity contribution in [3.8, 4) is 0 Å². The predicted octanol–water partition coefficient (Wildman–Crippen LogP) is 5.16. The molecule has 0 saturated heterocycles. The van der Waals surface area contributed by atoms with E-state index in [0.29, 0.717) is 17.3 Å². The zero-order valence-corrected chi connectivity index (χ0v) is 24.0. The molecular formula is C27H29BrClN3O4S. The summed E-state index contributed by atoms with van der Waals surface area (Å²) in [6, 6.07) is 19.2. The van der Waals surface area contributed by atoms with Crippen LogP contribution in [-0.4, -0.2) is 44.3 Å². The van der Waals surface area contributed by atoms with E-state index in [1.54, 1.807) is 38.1 Å². The average Bonchev–Trinajstić information content (AvgIpc) is 2.86. The second kappa shape index (κ2) is 12.6. The van der Waals surface area contributed by atoms with Crippen LogP contribution in [0.3, 0.4) is 0 Å². The van der Waals surface area contributed by atoms with Crippen LogP contribution in [0.5, 0.6) is 0 Å². The zero-order valence-electron chi connectivity index (χ0n) is 20.8. The second-order valence-corrected chi connectivity index (χ2v) is 11.7. The van der Waals surface area contributed by atoms with Crippen LogP contribution >= 0.6 is 27.5 Å². The standard InChI is InChI=1S/C27H29BrClN3O4S/c1-4-30-27(34)20(3)31(17-21-6-5-7-22(28)16-21)26(33)18-32(24-12-8-19(2)9-13-24)37(35,36)25-14-10-23(29)11-15-25/h5-16,20H,4,17-18H2,1-3H3,(H,30,34)/t20-/m0/s1. The molecule has 0 heterocycles. The van der Waals surface area contributed by atoms with E-state index >= 15 is 0 Å². The first-order valence-electron chi connectivity index (χ1n) is 11.7. The van der Waals surface area contributed by atoms with Gasteiger partial charge in [-0.2, -0.15) is 0 Å². The minimum atomic E-state index is -4.13. The highest BCUT2D eigenvalue weighted by molar-refractivity contribution is 9.10. The van der Waals surface area contributed by atoms with Gasteiger partial charge in [-0.3, -0.25) is 13.9 Å². The van der Waals surface area contributed by atoms with Crippen molar-refractivity contribution < 1.29 is 18.0 Å². The number of carbonyl (C=O) groups excluding carboxylic acids is 2. The number of nitrogens with zero attached hydrogens (tertiary/aromatic N) is 2. The lowest BCUT2D eigenvalue weighted by atomic mass is 10.1.